The van der Waals surface area contributed by atoms with Crippen LogP contribution < -0.4 is 11.3 Å². The molecule has 4 nitrogen and oxygen atoms in total. The van der Waals surface area contributed by atoms with E-state index in [9.17, 15) is 26.3 Å². The lowest BCUT2D eigenvalue weighted by Gasteiger charge is -2.08. The highest BCUT2D eigenvalue weighted by Crippen LogP contribution is 2.24. The molecule has 1 heterocycles. The zero-order valence-corrected chi connectivity index (χ0v) is 9.26. The van der Waals surface area contributed by atoms with Crippen molar-refractivity contribution < 1.29 is 26.3 Å². The zero-order valence-electron chi connectivity index (χ0n) is 9.26. The molecule has 0 unspecified atom stereocenters. The highest BCUT2D eigenvalue weighted by molar-refractivity contribution is 5.05. The van der Waals surface area contributed by atoms with E-state index in [1.165, 1.54) is 0 Å². The largest absolute Gasteiger partial charge is 0.432 e. The van der Waals surface area contributed by atoms with Gasteiger partial charge in [0.05, 0.1) is 12.1 Å². The Bertz CT molecular complexity index is 539. The van der Waals surface area contributed by atoms with Gasteiger partial charge in [0.2, 0.25) is 0 Å². The van der Waals surface area contributed by atoms with E-state index >= 15 is 0 Å². The van der Waals surface area contributed by atoms with Crippen LogP contribution >= 0.6 is 0 Å². The second kappa shape index (κ2) is 4.94. The first kappa shape index (κ1) is 15.1. The van der Waals surface area contributed by atoms with Gasteiger partial charge in [0.1, 0.15) is 5.70 Å². The molecule has 0 aromatic carbocycles. The maximum Gasteiger partial charge on any atom is 0.432 e. The van der Waals surface area contributed by atoms with Crippen LogP contribution in [-0.2, 0) is 6.42 Å². The third-order valence-corrected chi connectivity index (χ3v) is 1.85. The molecule has 1 aromatic heterocycles. The minimum absolute atomic E-state index is 0.331. The van der Waals surface area contributed by atoms with Crippen molar-refractivity contribution >= 4 is 0 Å². The van der Waals surface area contributed by atoms with Crippen molar-refractivity contribution in [3.8, 4) is 0 Å². The second-order valence-electron chi connectivity index (χ2n) is 3.48. The minimum Gasteiger partial charge on any atom is -0.321 e. The van der Waals surface area contributed by atoms with E-state index in [1.807, 2.05) is 0 Å². The Morgan fingerprint density at radius 3 is 2.26 bits per heavy atom. The van der Waals surface area contributed by atoms with Crippen molar-refractivity contribution in [2.45, 2.75) is 18.8 Å². The van der Waals surface area contributed by atoms with Crippen LogP contribution in [0.1, 0.15) is 5.69 Å². The van der Waals surface area contributed by atoms with Gasteiger partial charge in [0.25, 0.3) is 0 Å². The van der Waals surface area contributed by atoms with E-state index in [2.05, 4.69) is 16.7 Å². The monoisotopic (exact) mass is 286 g/mol. The van der Waals surface area contributed by atoms with Gasteiger partial charge in [-0.15, -0.1) is 0 Å². The van der Waals surface area contributed by atoms with Gasteiger partial charge in [-0.05, 0) is 12.1 Å². The molecule has 0 radical (unpaired) electrons. The first-order chi connectivity index (χ1) is 8.49. The van der Waals surface area contributed by atoms with Crippen LogP contribution in [0.5, 0.6) is 0 Å². The van der Waals surface area contributed by atoms with Crippen molar-refractivity contribution in [3.63, 3.8) is 0 Å². The number of hydrogen-bond acceptors (Lipinski definition) is 3. The predicted octanol–water partition coefficient (Wildman–Crippen LogP) is 1.68. The maximum atomic E-state index is 12.2. The molecule has 10 heteroatoms. The number of nitrogens with zero attached hydrogens (tertiary/aromatic N) is 3. The number of nitrogen functional groups attached to an aromatic ring is 1. The third kappa shape index (κ3) is 4.64. The zero-order chi connectivity index (χ0) is 14.8. The van der Waals surface area contributed by atoms with Crippen LogP contribution in [-0.4, -0.2) is 22.2 Å². The normalized spacial score (nSPS) is 13.7. The summed E-state index contributed by atoms with van der Waals surface area (Å²) >= 11 is 0. The number of rotatable bonds is 2. The topological polar surface area (TPSA) is 56.2 Å². The highest BCUT2D eigenvalue weighted by Gasteiger charge is 2.32. The minimum atomic E-state index is -4.75. The van der Waals surface area contributed by atoms with Gasteiger partial charge in [-0.25, -0.2) is 4.99 Å². The van der Waals surface area contributed by atoms with E-state index < -0.39 is 35.7 Å². The Hall–Kier alpha value is -2.00. The smallest absolute Gasteiger partial charge is 0.321 e. The molecular weight excluding hydrogens is 278 g/mol. The second-order valence-corrected chi connectivity index (χ2v) is 3.48. The van der Waals surface area contributed by atoms with Gasteiger partial charge < -0.3 is 5.84 Å². The van der Waals surface area contributed by atoms with Gasteiger partial charge in [-0.3, -0.25) is 0 Å². The van der Waals surface area contributed by atoms with Gasteiger partial charge in [0.15, 0.2) is 5.49 Å². The maximum absolute atomic E-state index is 12.2. The van der Waals surface area contributed by atoms with Crippen molar-refractivity contribution in [1.82, 2.24) is 9.89 Å². The average molecular weight is 286 g/mol. The fraction of sp³-hybridized carbons (Fsp3) is 0.333. The number of alkyl halides is 6. The van der Waals surface area contributed by atoms with E-state index in [0.717, 1.165) is 12.1 Å². The summed E-state index contributed by atoms with van der Waals surface area (Å²) in [7, 11) is 0. The Balaban J connectivity index is 3.08. The van der Waals surface area contributed by atoms with Gasteiger partial charge >= 0.3 is 12.4 Å². The summed E-state index contributed by atoms with van der Waals surface area (Å²) in [4.78, 5) is 3.37. The van der Waals surface area contributed by atoms with E-state index in [0.29, 0.717) is 4.79 Å². The number of nitrogens with two attached hydrogens (primary N) is 1. The SMILES string of the molecule is C=C(N=c1ccc(CC(F)(F)F)nn1N)C(F)(F)F. The van der Waals surface area contributed by atoms with Crippen LogP contribution in [0.4, 0.5) is 26.3 Å². The van der Waals surface area contributed by atoms with Crippen molar-refractivity contribution in [3.05, 3.63) is 35.6 Å². The third-order valence-electron chi connectivity index (χ3n) is 1.85. The molecule has 0 saturated carbocycles. The van der Waals surface area contributed by atoms with Crippen LogP contribution in [0.2, 0.25) is 0 Å². The summed E-state index contributed by atoms with van der Waals surface area (Å²) in [6, 6.07) is 1.78. The summed E-state index contributed by atoms with van der Waals surface area (Å²) in [6.07, 6.45) is -10.6. The molecule has 1 rings (SSSR count). The Morgan fingerprint density at radius 2 is 1.84 bits per heavy atom. The molecule has 19 heavy (non-hydrogen) atoms. The lowest BCUT2D eigenvalue weighted by molar-refractivity contribution is -0.128. The Morgan fingerprint density at radius 1 is 1.26 bits per heavy atom. The van der Waals surface area contributed by atoms with Gasteiger partial charge in [-0.1, -0.05) is 6.58 Å². The molecule has 0 aliphatic heterocycles. The number of hydrogen-bond donors (Lipinski definition) is 1. The average Bonchev–Trinajstić information content (AvgIpc) is 2.18. The summed E-state index contributed by atoms with van der Waals surface area (Å²) in [5.41, 5.74) is -2.34. The first-order valence-corrected chi connectivity index (χ1v) is 4.71. The molecule has 0 bridgehead atoms. The molecule has 0 atom stereocenters. The summed E-state index contributed by atoms with van der Waals surface area (Å²) in [5, 5.41) is 3.27. The van der Waals surface area contributed by atoms with Gasteiger partial charge in [0, 0.05) is 0 Å². The van der Waals surface area contributed by atoms with Crippen molar-refractivity contribution in [2.75, 3.05) is 5.84 Å². The molecule has 0 fully saturated rings. The molecule has 0 aliphatic carbocycles. The predicted molar refractivity (Wildman–Crippen MR) is 52.9 cm³/mol. The first-order valence-electron chi connectivity index (χ1n) is 4.71. The standard InChI is InChI=1S/C9H8F6N4/c1-5(9(13,14)15)17-7-3-2-6(18-19(7)16)4-8(10,11)12/h2-3H,1,4,16H2. The molecule has 0 aliphatic rings. The number of aromatic nitrogens is 2. The van der Waals surface area contributed by atoms with Crippen LogP contribution in [0, 0.1) is 0 Å². The summed E-state index contributed by atoms with van der Waals surface area (Å²) < 4.78 is 72.7. The van der Waals surface area contributed by atoms with E-state index in [1.54, 1.807) is 0 Å². The van der Waals surface area contributed by atoms with Crippen LogP contribution in [0.25, 0.3) is 0 Å². The van der Waals surface area contributed by atoms with Crippen molar-refractivity contribution in [1.29, 1.82) is 0 Å². The lowest BCUT2D eigenvalue weighted by atomic mass is 10.3. The Labute approximate surface area is 102 Å². The van der Waals surface area contributed by atoms with Gasteiger partial charge in [-0.2, -0.15) is 36.2 Å². The molecule has 0 saturated heterocycles. The van der Waals surface area contributed by atoms with E-state index in [4.69, 9.17) is 5.84 Å². The molecule has 2 N–H and O–H groups in total. The fourth-order valence-corrected chi connectivity index (χ4v) is 1.06. The molecule has 1 aromatic rings. The highest BCUT2D eigenvalue weighted by atomic mass is 19.4. The van der Waals surface area contributed by atoms with E-state index in [-0.39, 0.29) is 0 Å². The summed E-state index contributed by atoms with van der Waals surface area (Å²) in [5.74, 6) is 5.17. The van der Waals surface area contributed by atoms with Crippen LogP contribution in [0.15, 0.2) is 29.4 Å². The molecular formula is C9H8F6N4. The molecule has 0 amide bonds. The summed E-state index contributed by atoms with van der Waals surface area (Å²) in [6.45, 7) is 2.68. The molecule has 106 valence electrons. The Kier molecular flexibility index (Phi) is 3.91. The number of halogens is 6. The fourth-order valence-electron chi connectivity index (χ4n) is 1.06. The van der Waals surface area contributed by atoms with Crippen LogP contribution in [0.3, 0.4) is 0 Å². The lowest BCUT2D eigenvalue weighted by Crippen LogP contribution is -2.32. The number of allylic oxidation sites excluding steroid dienone is 1. The quantitative estimate of drug-likeness (QED) is 0.664. The van der Waals surface area contributed by atoms with Crippen molar-refractivity contribution in [2.24, 2.45) is 4.99 Å². The molecule has 0 spiro atoms.